The van der Waals surface area contributed by atoms with Gasteiger partial charge in [0.15, 0.2) is 0 Å². The number of para-hydroxylation sites is 2. The Morgan fingerprint density at radius 2 is 1.25 bits per heavy atom. The van der Waals surface area contributed by atoms with Gasteiger partial charge in [-0.25, -0.2) is 4.98 Å². The maximum atomic E-state index is 6.34. The van der Waals surface area contributed by atoms with E-state index in [9.17, 15) is 0 Å². The van der Waals surface area contributed by atoms with Gasteiger partial charge in [0.1, 0.15) is 17.3 Å². The van der Waals surface area contributed by atoms with Gasteiger partial charge in [0.2, 0.25) is 0 Å². The summed E-state index contributed by atoms with van der Waals surface area (Å²) >= 11 is 3.56. The van der Waals surface area contributed by atoms with Crippen molar-refractivity contribution in [2.24, 2.45) is 0 Å². The Morgan fingerprint density at radius 1 is 0.568 bits per heavy atom. The molecular formula is C39H30BrN3O. The van der Waals surface area contributed by atoms with E-state index in [1.54, 1.807) is 0 Å². The Labute approximate surface area is 264 Å². The summed E-state index contributed by atoms with van der Waals surface area (Å²) in [7, 11) is 0. The minimum atomic E-state index is -0.00484. The maximum absolute atomic E-state index is 6.34. The number of nitrogens with zero attached hydrogens (tertiary/aromatic N) is 3. The summed E-state index contributed by atoms with van der Waals surface area (Å²) in [6, 6.07) is 42.6. The van der Waals surface area contributed by atoms with E-state index in [0.717, 1.165) is 49.3 Å². The second-order valence-electron chi connectivity index (χ2n) is 12.3. The summed E-state index contributed by atoms with van der Waals surface area (Å²) in [5.41, 5.74) is 6.89. The van der Waals surface area contributed by atoms with E-state index in [2.05, 4.69) is 143 Å². The quantitative estimate of drug-likeness (QED) is 0.193. The first-order valence-corrected chi connectivity index (χ1v) is 15.6. The summed E-state index contributed by atoms with van der Waals surface area (Å²) in [4.78, 5) is 4.89. The average molecular weight is 637 g/mol. The molecule has 44 heavy (non-hydrogen) atoms. The van der Waals surface area contributed by atoms with Crippen molar-refractivity contribution in [3.63, 3.8) is 0 Å². The van der Waals surface area contributed by atoms with Crippen molar-refractivity contribution in [2.45, 2.75) is 26.2 Å². The van der Waals surface area contributed by atoms with E-state index in [4.69, 9.17) is 9.72 Å². The molecule has 4 nitrogen and oxygen atoms in total. The predicted octanol–water partition coefficient (Wildman–Crippen LogP) is 11.1. The SMILES string of the molecule is CC(C)(C)c1ccnc(-n2c3ccc(-n4c5ccccc5c5ccccc54)cc3c3ccc(Oc4cccc(Br)c4)cc32)c1. The Morgan fingerprint density at radius 3 is 1.98 bits per heavy atom. The van der Waals surface area contributed by atoms with E-state index < -0.39 is 0 Å². The highest BCUT2D eigenvalue weighted by atomic mass is 79.9. The number of hydrogen-bond acceptors (Lipinski definition) is 2. The highest BCUT2D eigenvalue weighted by Crippen LogP contribution is 2.39. The number of fused-ring (bicyclic) bond motifs is 6. The lowest BCUT2D eigenvalue weighted by Gasteiger charge is -2.20. The highest BCUT2D eigenvalue weighted by Gasteiger charge is 2.20. The van der Waals surface area contributed by atoms with Crippen LogP contribution >= 0.6 is 15.9 Å². The second kappa shape index (κ2) is 10.1. The number of benzene rings is 5. The molecule has 0 saturated carbocycles. The Balaban J connectivity index is 1.39. The molecule has 0 saturated heterocycles. The largest absolute Gasteiger partial charge is 0.457 e. The van der Waals surface area contributed by atoms with Crippen LogP contribution in [0.1, 0.15) is 26.3 Å². The molecule has 0 radical (unpaired) electrons. The predicted molar refractivity (Wildman–Crippen MR) is 186 cm³/mol. The van der Waals surface area contributed by atoms with Crippen LogP contribution in [0.3, 0.4) is 0 Å². The molecule has 5 heteroatoms. The van der Waals surface area contributed by atoms with E-state index in [-0.39, 0.29) is 5.41 Å². The fraction of sp³-hybridized carbons (Fsp3) is 0.103. The van der Waals surface area contributed by atoms with Crippen LogP contribution in [0.4, 0.5) is 0 Å². The lowest BCUT2D eigenvalue weighted by Crippen LogP contribution is -2.12. The monoisotopic (exact) mass is 635 g/mol. The van der Waals surface area contributed by atoms with Gasteiger partial charge in [-0.15, -0.1) is 0 Å². The van der Waals surface area contributed by atoms with Crippen LogP contribution in [-0.2, 0) is 5.41 Å². The Bertz CT molecular complexity index is 2320. The summed E-state index contributed by atoms with van der Waals surface area (Å²) in [6.07, 6.45) is 1.92. The van der Waals surface area contributed by atoms with E-state index in [1.807, 2.05) is 30.5 Å². The summed E-state index contributed by atoms with van der Waals surface area (Å²) in [5, 5.41) is 4.81. The Hall–Kier alpha value is -4.87. The van der Waals surface area contributed by atoms with Crippen LogP contribution in [0.15, 0.2) is 132 Å². The molecule has 0 spiro atoms. The fourth-order valence-electron chi connectivity index (χ4n) is 6.31. The van der Waals surface area contributed by atoms with Crippen LogP contribution < -0.4 is 4.74 Å². The van der Waals surface area contributed by atoms with Crippen molar-refractivity contribution in [3.8, 4) is 23.0 Å². The van der Waals surface area contributed by atoms with Gasteiger partial charge < -0.3 is 9.30 Å². The second-order valence-corrected chi connectivity index (χ2v) is 13.2. The molecule has 0 unspecified atom stereocenters. The van der Waals surface area contributed by atoms with Gasteiger partial charge >= 0.3 is 0 Å². The third-order valence-electron chi connectivity index (χ3n) is 8.43. The molecule has 0 fully saturated rings. The Kier molecular flexibility index (Phi) is 6.14. The third kappa shape index (κ3) is 4.39. The molecule has 0 bridgehead atoms. The summed E-state index contributed by atoms with van der Waals surface area (Å²) < 4.78 is 12.0. The van der Waals surface area contributed by atoms with Gasteiger partial charge in [0.05, 0.1) is 22.1 Å². The van der Waals surface area contributed by atoms with Gasteiger partial charge in [0, 0.05) is 44.0 Å². The van der Waals surface area contributed by atoms with Crippen molar-refractivity contribution >= 4 is 59.5 Å². The van der Waals surface area contributed by atoms with E-state index >= 15 is 0 Å². The molecule has 3 heterocycles. The first kappa shape index (κ1) is 26.7. The van der Waals surface area contributed by atoms with Gasteiger partial charge in [-0.3, -0.25) is 4.57 Å². The standard InChI is InChI=1S/C39H30BrN3O/c1-39(2,3)25-19-20-41-38(21-25)43-36-18-15-27(42-34-13-6-4-11-30(34)31-12-5-7-14-35(31)42)23-33(36)32-17-16-29(24-37(32)43)44-28-10-8-9-26(40)22-28/h4-24H,1-3H3. The minimum Gasteiger partial charge on any atom is -0.457 e. The maximum Gasteiger partial charge on any atom is 0.137 e. The van der Waals surface area contributed by atoms with Crippen molar-refractivity contribution in [1.29, 1.82) is 0 Å². The van der Waals surface area contributed by atoms with Gasteiger partial charge in [-0.1, -0.05) is 79.2 Å². The number of rotatable bonds is 4. The zero-order chi connectivity index (χ0) is 30.0. The van der Waals surface area contributed by atoms with Crippen LogP contribution in [-0.4, -0.2) is 14.1 Å². The smallest absolute Gasteiger partial charge is 0.137 e. The van der Waals surface area contributed by atoms with E-state index in [0.29, 0.717) is 0 Å². The molecule has 0 aliphatic rings. The molecule has 0 amide bonds. The summed E-state index contributed by atoms with van der Waals surface area (Å²) in [6.45, 7) is 6.71. The number of aromatic nitrogens is 3. The van der Waals surface area contributed by atoms with E-state index in [1.165, 1.54) is 27.4 Å². The molecule has 0 atom stereocenters. The molecular weight excluding hydrogens is 606 g/mol. The number of ether oxygens (including phenoxy) is 1. The van der Waals surface area contributed by atoms with Crippen LogP contribution in [0.25, 0.3) is 55.1 Å². The number of hydrogen-bond donors (Lipinski definition) is 0. The molecule has 8 aromatic rings. The minimum absolute atomic E-state index is 0.00484. The van der Waals surface area contributed by atoms with Crippen LogP contribution in [0.2, 0.25) is 0 Å². The topological polar surface area (TPSA) is 32.0 Å². The van der Waals surface area contributed by atoms with Crippen LogP contribution in [0.5, 0.6) is 11.5 Å². The van der Waals surface area contributed by atoms with Crippen molar-refractivity contribution in [2.75, 3.05) is 0 Å². The van der Waals surface area contributed by atoms with Crippen LogP contribution in [0, 0.1) is 0 Å². The number of halogens is 1. The number of pyridine rings is 1. The first-order chi connectivity index (χ1) is 21.3. The van der Waals surface area contributed by atoms with Gasteiger partial charge in [-0.2, -0.15) is 0 Å². The molecule has 3 aromatic heterocycles. The zero-order valence-corrected chi connectivity index (χ0v) is 26.3. The third-order valence-corrected chi connectivity index (χ3v) is 8.93. The zero-order valence-electron chi connectivity index (χ0n) is 24.8. The lowest BCUT2D eigenvalue weighted by atomic mass is 9.88. The van der Waals surface area contributed by atoms with Crippen molar-refractivity contribution < 1.29 is 4.74 Å². The van der Waals surface area contributed by atoms with Crippen molar-refractivity contribution in [1.82, 2.24) is 14.1 Å². The molecule has 5 aromatic carbocycles. The molecule has 0 aliphatic carbocycles. The molecule has 0 N–H and O–H groups in total. The fourth-order valence-corrected chi connectivity index (χ4v) is 6.69. The lowest BCUT2D eigenvalue weighted by molar-refractivity contribution is 0.483. The molecule has 0 aliphatic heterocycles. The highest BCUT2D eigenvalue weighted by molar-refractivity contribution is 9.10. The average Bonchev–Trinajstić information content (AvgIpc) is 3.53. The van der Waals surface area contributed by atoms with Gasteiger partial charge in [-0.05, 0) is 83.8 Å². The first-order valence-electron chi connectivity index (χ1n) is 14.8. The molecule has 214 valence electrons. The normalized spacial score (nSPS) is 12.1. The molecule has 8 rings (SSSR count). The van der Waals surface area contributed by atoms with Crippen molar-refractivity contribution in [3.05, 3.63) is 138 Å². The van der Waals surface area contributed by atoms with Gasteiger partial charge in [0.25, 0.3) is 0 Å². The summed E-state index contributed by atoms with van der Waals surface area (Å²) in [5.74, 6) is 2.44.